The van der Waals surface area contributed by atoms with Crippen LogP contribution in [0.2, 0.25) is 0 Å². The smallest absolute Gasteiger partial charge is 0.271 e. The van der Waals surface area contributed by atoms with Crippen molar-refractivity contribution in [2.24, 2.45) is 5.10 Å². The molecule has 1 heterocycles. The van der Waals surface area contributed by atoms with Crippen molar-refractivity contribution >= 4 is 23.9 Å². The van der Waals surface area contributed by atoms with Gasteiger partial charge in [0.25, 0.3) is 5.91 Å². The maximum atomic E-state index is 13.3. The molecule has 4 rings (SSSR count). The number of nitrogens with one attached hydrogen (secondary N) is 1. The number of hydrazone groups is 1. The number of rotatable bonds is 7. The maximum Gasteiger partial charge on any atom is 0.271 e. The van der Waals surface area contributed by atoms with Crippen LogP contribution in [0, 0.1) is 19.7 Å². The summed E-state index contributed by atoms with van der Waals surface area (Å²) in [6.07, 6.45) is 1.63. The summed E-state index contributed by atoms with van der Waals surface area (Å²) in [4.78, 5) is 13.7. The van der Waals surface area contributed by atoms with Crippen molar-refractivity contribution in [3.63, 3.8) is 0 Å². The normalized spacial score (nSPS) is 11.1. The topological polar surface area (TPSA) is 46.4 Å². The monoisotopic (exact) mass is 457 g/mol. The molecule has 6 heteroatoms. The highest BCUT2D eigenvalue weighted by Crippen LogP contribution is 2.22. The molecule has 4 nitrogen and oxygen atoms in total. The first kappa shape index (κ1) is 22.6. The van der Waals surface area contributed by atoms with Crippen LogP contribution in [0.1, 0.15) is 32.9 Å². The third-order valence-electron chi connectivity index (χ3n) is 5.29. The van der Waals surface area contributed by atoms with Crippen LogP contribution in [0.4, 0.5) is 4.39 Å². The molecule has 0 spiro atoms. The number of hydrogen-bond donors (Lipinski definition) is 1. The van der Waals surface area contributed by atoms with Crippen LogP contribution in [0.25, 0.3) is 5.69 Å². The summed E-state index contributed by atoms with van der Waals surface area (Å²) in [5, 5.41) is 4.14. The molecule has 0 aliphatic heterocycles. The van der Waals surface area contributed by atoms with Gasteiger partial charge >= 0.3 is 0 Å². The summed E-state index contributed by atoms with van der Waals surface area (Å²) in [6, 6.07) is 26.1. The first-order chi connectivity index (χ1) is 16.0. The van der Waals surface area contributed by atoms with Crippen molar-refractivity contribution in [2.45, 2.75) is 24.5 Å². The van der Waals surface area contributed by atoms with E-state index in [9.17, 15) is 9.18 Å². The minimum atomic E-state index is -0.270. The molecule has 1 amide bonds. The predicted molar refractivity (Wildman–Crippen MR) is 133 cm³/mol. The van der Waals surface area contributed by atoms with E-state index in [4.69, 9.17) is 0 Å². The zero-order valence-electron chi connectivity index (χ0n) is 18.5. The van der Waals surface area contributed by atoms with E-state index in [2.05, 4.69) is 22.7 Å². The number of nitrogens with zero attached hydrogens (tertiary/aromatic N) is 2. The minimum Gasteiger partial charge on any atom is -0.318 e. The Morgan fingerprint density at radius 1 is 1.00 bits per heavy atom. The number of halogens is 1. The van der Waals surface area contributed by atoms with Crippen molar-refractivity contribution in [3.05, 3.63) is 119 Å². The van der Waals surface area contributed by atoms with Crippen LogP contribution < -0.4 is 5.43 Å². The second-order valence-electron chi connectivity index (χ2n) is 7.64. The Balaban J connectivity index is 1.37. The highest BCUT2D eigenvalue weighted by molar-refractivity contribution is 7.98. The number of benzene rings is 3. The lowest BCUT2D eigenvalue weighted by Gasteiger charge is -2.09. The largest absolute Gasteiger partial charge is 0.318 e. The second-order valence-corrected chi connectivity index (χ2v) is 8.68. The van der Waals surface area contributed by atoms with Gasteiger partial charge in [-0.1, -0.05) is 30.3 Å². The van der Waals surface area contributed by atoms with Crippen LogP contribution in [0.15, 0.2) is 94.9 Å². The van der Waals surface area contributed by atoms with Crippen molar-refractivity contribution in [3.8, 4) is 5.69 Å². The highest BCUT2D eigenvalue weighted by Gasteiger charge is 2.10. The minimum absolute atomic E-state index is 0.263. The lowest BCUT2D eigenvalue weighted by atomic mass is 10.1. The molecule has 0 fully saturated rings. The van der Waals surface area contributed by atoms with Crippen LogP contribution in [-0.4, -0.2) is 16.7 Å². The molecule has 0 bridgehead atoms. The first-order valence-corrected chi connectivity index (χ1v) is 11.5. The number of thioether (sulfide) groups is 1. The fourth-order valence-corrected chi connectivity index (χ4v) is 4.44. The van der Waals surface area contributed by atoms with E-state index in [1.807, 2.05) is 66.9 Å². The molecule has 4 aromatic rings. The van der Waals surface area contributed by atoms with Gasteiger partial charge in [-0.25, -0.2) is 9.82 Å². The summed E-state index contributed by atoms with van der Waals surface area (Å²) in [5.74, 6) is 0.308. The van der Waals surface area contributed by atoms with E-state index < -0.39 is 0 Å². The Bertz CT molecular complexity index is 1260. The molecular weight excluding hydrogens is 433 g/mol. The molecular formula is C27H24FN3OS. The molecule has 0 aliphatic carbocycles. The summed E-state index contributed by atoms with van der Waals surface area (Å²) in [7, 11) is 0. The SMILES string of the molecule is Cc1cc(/C=N/NC(=O)c2ccc(CSc3ccccc3)cc2)c(C)n1-c1ccc(F)cc1. The average molecular weight is 458 g/mol. The Hall–Kier alpha value is -3.64. The fraction of sp³-hybridized carbons (Fsp3) is 0.111. The van der Waals surface area contributed by atoms with E-state index in [1.165, 1.54) is 17.0 Å². The van der Waals surface area contributed by atoms with Crippen molar-refractivity contribution in [1.82, 2.24) is 9.99 Å². The number of hydrogen-bond acceptors (Lipinski definition) is 3. The molecule has 3 aromatic carbocycles. The van der Waals surface area contributed by atoms with Crippen LogP contribution in [-0.2, 0) is 5.75 Å². The molecule has 33 heavy (non-hydrogen) atoms. The van der Waals surface area contributed by atoms with Gasteiger partial charge in [-0.2, -0.15) is 5.10 Å². The van der Waals surface area contributed by atoms with Gasteiger partial charge in [0, 0.05) is 38.9 Å². The zero-order valence-corrected chi connectivity index (χ0v) is 19.3. The lowest BCUT2D eigenvalue weighted by Crippen LogP contribution is -2.17. The average Bonchev–Trinajstić information content (AvgIpc) is 3.12. The van der Waals surface area contributed by atoms with Gasteiger partial charge in [0.1, 0.15) is 5.82 Å². The van der Waals surface area contributed by atoms with Crippen molar-refractivity contribution in [2.75, 3.05) is 0 Å². The van der Waals surface area contributed by atoms with E-state index in [-0.39, 0.29) is 11.7 Å². The molecule has 0 unspecified atom stereocenters. The Kier molecular flexibility index (Phi) is 7.05. The number of aryl methyl sites for hydroxylation is 1. The van der Waals surface area contributed by atoms with Gasteiger partial charge in [-0.3, -0.25) is 4.79 Å². The predicted octanol–water partition coefficient (Wildman–Crippen LogP) is 6.29. The van der Waals surface area contributed by atoms with Crippen molar-refractivity contribution < 1.29 is 9.18 Å². The zero-order chi connectivity index (χ0) is 23.2. The number of carbonyl (C=O) groups is 1. The molecule has 0 aliphatic rings. The second kappa shape index (κ2) is 10.3. The molecule has 0 saturated heterocycles. The molecule has 0 radical (unpaired) electrons. The molecule has 0 atom stereocenters. The van der Waals surface area contributed by atoms with Crippen LogP contribution in [0.5, 0.6) is 0 Å². The number of aromatic nitrogens is 1. The van der Waals surface area contributed by atoms with Gasteiger partial charge in [-0.05, 0) is 74.0 Å². The summed E-state index contributed by atoms with van der Waals surface area (Å²) < 4.78 is 15.3. The quantitative estimate of drug-likeness (QED) is 0.201. The third kappa shape index (κ3) is 5.59. The maximum absolute atomic E-state index is 13.3. The van der Waals surface area contributed by atoms with E-state index in [0.29, 0.717) is 5.56 Å². The van der Waals surface area contributed by atoms with Gasteiger partial charge in [0.05, 0.1) is 6.21 Å². The Morgan fingerprint density at radius 2 is 1.70 bits per heavy atom. The fourth-order valence-electron chi connectivity index (χ4n) is 3.57. The van der Waals surface area contributed by atoms with E-state index in [1.54, 1.807) is 30.1 Å². The third-order valence-corrected chi connectivity index (χ3v) is 6.37. The molecule has 166 valence electrons. The number of carbonyl (C=O) groups excluding carboxylic acids is 1. The Labute approximate surface area is 197 Å². The summed E-state index contributed by atoms with van der Waals surface area (Å²) in [6.45, 7) is 3.94. The van der Waals surface area contributed by atoms with E-state index >= 15 is 0 Å². The summed E-state index contributed by atoms with van der Waals surface area (Å²) >= 11 is 1.76. The number of amides is 1. The van der Waals surface area contributed by atoms with Gasteiger partial charge < -0.3 is 4.57 Å². The molecule has 1 aromatic heterocycles. The van der Waals surface area contributed by atoms with Gasteiger partial charge in [-0.15, -0.1) is 11.8 Å². The Morgan fingerprint density at radius 3 is 2.39 bits per heavy atom. The van der Waals surface area contributed by atoms with Crippen molar-refractivity contribution in [1.29, 1.82) is 0 Å². The summed E-state index contributed by atoms with van der Waals surface area (Å²) in [5.41, 5.74) is 8.01. The molecule has 1 N–H and O–H groups in total. The van der Waals surface area contributed by atoms with E-state index in [0.717, 1.165) is 34.0 Å². The standard InChI is InChI=1S/C27H24FN3OS/c1-19-16-23(20(2)31(19)25-14-12-24(28)13-15-25)17-29-30-27(32)22-10-8-21(9-11-22)18-33-26-6-4-3-5-7-26/h3-17H,18H2,1-2H3,(H,30,32)/b29-17+. The lowest BCUT2D eigenvalue weighted by molar-refractivity contribution is 0.0955. The first-order valence-electron chi connectivity index (χ1n) is 10.6. The van der Waals surface area contributed by atoms with Gasteiger partial charge in [0.15, 0.2) is 0 Å². The highest BCUT2D eigenvalue weighted by atomic mass is 32.2. The van der Waals surface area contributed by atoms with Gasteiger partial charge in [0.2, 0.25) is 0 Å². The molecule has 0 saturated carbocycles. The van der Waals surface area contributed by atoms with Crippen LogP contribution >= 0.6 is 11.8 Å². The van der Waals surface area contributed by atoms with Crippen LogP contribution in [0.3, 0.4) is 0 Å².